The molecule has 0 aliphatic heterocycles. The van der Waals surface area contributed by atoms with Crippen molar-refractivity contribution >= 4 is 23.3 Å². The molecule has 2 amide bonds. The lowest BCUT2D eigenvalue weighted by Crippen LogP contribution is -2.35. The lowest BCUT2D eigenvalue weighted by atomic mass is 10.2. The highest BCUT2D eigenvalue weighted by atomic mass is 19.4. The van der Waals surface area contributed by atoms with Crippen LogP contribution in [0.1, 0.15) is 42.5 Å². The van der Waals surface area contributed by atoms with E-state index in [2.05, 4.69) is 25.3 Å². The average Bonchev–Trinajstić information content (AvgIpc) is 3.27. The molecular formula is C21H24F5N5O3. The van der Waals surface area contributed by atoms with Gasteiger partial charge < -0.3 is 21.1 Å². The van der Waals surface area contributed by atoms with Gasteiger partial charge in [-0.2, -0.15) is 22.0 Å². The van der Waals surface area contributed by atoms with E-state index in [1.165, 1.54) is 6.20 Å². The van der Waals surface area contributed by atoms with E-state index in [4.69, 9.17) is 5.73 Å². The summed E-state index contributed by atoms with van der Waals surface area (Å²) in [5.41, 5.74) is 5.75. The number of halogens is 5. The largest absolute Gasteiger partial charge is 0.417 e. The van der Waals surface area contributed by atoms with E-state index < -0.39 is 30.2 Å². The third-order valence-corrected chi connectivity index (χ3v) is 4.76. The summed E-state index contributed by atoms with van der Waals surface area (Å²) >= 11 is 0. The molecule has 0 radical (unpaired) electrons. The summed E-state index contributed by atoms with van der Waals surface area (Å²) in [6, 6.07) is 3.51. The molecule has 0 bridgehead atoms. The monoisotopic (exact) mass is 489 g/mol. The SMILES string of the molecule is Cc1cc(NC(=O)C(=O)NCc2ccc(C(F)(F)F)cn2)cnc1N.FC(F)OC1CCCC1. The number of nitrogen functional groups attached to an aromatic ring is 1. The Morgan fingerprint density at radius 2 is 1.82 bits per heavy atom. The molecule has 8 nitrogen and oxygen atoms in total. The minimum absolute atomic E-state index is 0.162. The normalized spacial score (nSPS) is 13.9. The predicted molar refractivity (Wildman–Crippen MR) is 112 cm³/mol. The summed E-state index contributed by atoms with van der Waals surface area (Å²) in [6.07, 6.45) is 1.00. The van der Waals surface area contributed by atoms with Crippen LogP contribution in [0.5, 0.6) is 0 Å². The molecule has 34 heavy (non-hydrogen) atoms. The number of aryl methyl sites for hydroxylation is 1. The second-order valence-electron chi connectivity index (χ2n) is 7.40. The van der Waals surface area contributed by atoms with Crippen molar-refractivity contribution < 1.29 is 36.3 Å². The standard InChI is InChI=1S/C15H14F3N5O2.C6H10F2O/c1-8-4-11(7-21-12(8)19)23-14(25)13(24)22-6-10-3-2-9(5-20-10)15(16,17)18;7-6(8)9-5-3-1-2-4-5/h2-5,7H,6H2,1H3,(H2,19,21)(H,22,24)(H,23,25);5-6H,1-4H2. The first-order valence-corrected chi connectivity index (χ1v) is 10.2. The molecule has 186 valence electrons. The van der Waals surface area contributed by atoms with Gasteiger partial charge in [-0.1, -0.05) is 12.8 Å². The molecule has 0 aromatic carbocycles. The van der Waals surface area contributed by atoms with Crippen LogP contribution in [0.3, 0.4) is 0 Å². The van der Waals surface area contributed by atoms with Crippen LogP contribution in [0.4, 0.5) is 33.5 Å². The highest BCUT2D eigenvalue weighted by molar-refractivity contribution is 6.39. The van der Waals surface area contributed by atoms with Crippen molar-refractivity contribution in [1.82, 2.24) is 15.3 Å². The van der Waals surface area contributed by atoms with Gasteiger partial charge >= 0.3 is 24.6 Å². The Hall–Kier alpha value is -3.35. The molecule has 1 saturated carbocycles. The summed E-state index contributed by atoms with van der Waals surface area (Å²) in [4.78, 5) is 30.9. The van der Waals surface area contributed by atoms with Gasteiger partial charge in [0, 0.05) is 6.20 Å². The van der Waals surface area contributed by atoms with Gasteiger partial charge in [-0.3, -0.25) is 14.6 Å². The van der Waals surface area contributed by atoms with Crippen LogP contribution in [0.25, 0.3) is 0 Å². The number of ether oxygens (including phenoxy) is 1. The zero-order valence-corrected chi connectivity index (χ0v) is 18.2. The van der Waals surface area contributed by atoms with Crippen LogP contribution in [0, 0.1) is 6.92 Å². The van der Waals surface area contributed by atoms with Gasteiger partial charge in [0.05, 0.1) is 35.8 Å². The van der Waals surface area contributed by atoms with Gasteiger partial charge in [0.2, 0.25) is 0 Å². The average molecular weight is 489 g/mol. The molecule has 4 N–H and O–H groups in total. The molecule has 3 rings (SSSR count). The van der Waals surface area contributed by atoms with Crippen molar-refractivity contribution in [1.29, 1.82) is 0 Å². The summed E-state index contributed by atoms with van der Waals surface area (Å²) in [7, 11) is 0. The van der Waals surface area contributed by atoms with Gasteiger partial charge in [0.15, 0.2) is 0 Å². The van der Waals surface area contributed by atoms with Crippen molar-refractivity contribution in [2.45, 2.75) is 58.0 Å². The Kier molecular flexibility index (Phi) is 9.66. The van der Waals surface area contributed by atoms with Crippen LogP contribution in [-0.4, -0.2) is 34.5 Å². The molecule has 2 heterocycles. The van der Waals surface area contributed by atoms with Gasteiger partial charge in [0.25, 0.3) is 0 Å². The molecule has 13 heteroatoms. The molecule has 1 aliphatic carbocycles. The highest BCUT2D eigenvalue weighted by Crippen LogP contribution is 2.28. The van der Waals surface area contributed by atoms with E-state index >= 15 is 0 Å². The minimum Gasteiger partial charge on any atom is -0.383 e. The first-order valence-electron chi connectivity index (χ1n) is 10.2. The van der Waals surface area contributed by atoms with Gasteiger partial charge in [-0.05, 0) is 43.5 Å². The quantitative estimate of drug-likeness (QED) is 0.434. The minimum atomic E-state index is -4.49. The van der Waals surface area contributed by atoms with Gasteiger partial charge in [0.1, 0.15) is 5.82 Å². The zero-order chi connectivity index (χ0) is 25.3. The lowest BCUT2D eigenvalue weighted by molar-refractivity contribution is -0.160. The number of nitrogens with two attached hydrogens (primary N) is 1. The van der Waals surface area contributed by atoms with Crippen molar-refractivity contribution in [3.63, 3.8) is 0 Å². The number of amides is 2. The number of nitrogens with one attached hydrogen (secondary N) is 2. The summed E-state index contributed by atoms with van der Waals surface area (Å²) < 4.78 is 64.5. The fraction of sp³-hybridized carbons (Fsp3) is 0.429. The van der Waals surface area contributed by atoms with E-state index in [-0.39, 0.29) is 18.3 Å². The zero-order valence-electron chi connectivity index (χ0n) is 18.2. The highest BCUT2D eigenvalue weighted by Gasteiger charge is 2.30. The van der Waals surface area contributed by atoms with Gasteiger partial charge in [-0.25, -0.2) is 4.98 Å². The number of carbonyl (C=O) groups excluding carboxylic acids is 2. The Labute approximate surface area is 192 Å². The number of aromatic nitrogens is 2. The smallest absolute Gasteiger partial charge is 0.383 e. The molecule has 0 saturated heterocycles. The lowest BCUT2D eigenvalue weighted by Gasteiger charge is -2.09. The first-order chi connectivity index (χ1) is 16.0. The molecular weight excluding hydrogens is 465 g/mol. The second kappa shape index (κ2) is 12.2. The molecule has 0 spiro atoms. The van der Waals surface area contributed by atoms with Crippen LogP contribution in [-0.2, 0) is 27.0 Å². The summed E-state index contributed by atoms with van der Waals surface area (Å²) in [6.45, 7) is -1.08. The number of nitrogens with zero attached hydrogens (tertiary/aromatic N) is 2. The Morgan fingerprint density at radius 1 is 1.15 bits per heavy atom. The summed E-state index contributed by atoms with van der Waals surface area (Å²) in [5, 5.41) is 4.60. The summed E-state index contributed by atoms with van der Waals surface area (Å²) in [5.74, 6) is -1.61. The Morgan fingerprint density at radius 3 is 2.35 bits per heavy atom. The van der Waals surface area contributed by atoms with Crippen molar-refractivity contribution in [2.24, 2.45) is 0 Å². The van der Waals surface area contributed by atoms with Crippen LogP contribution in [0.15, 0.2) is 30.6 Å². The van der Waals surface area contributed by atoms with Crippen LogP contribution < -0.4 is 16.4 Å². The molecule has 0 atom stereocenters. The van der Waals surface area contributed by atoms with Crippen molar-refractivity contribution in [3.05, 3.63) is 47.4 Å². The Bertz CT molecular complexity index is 964. The maximum Gasteiger partial charge on any atom is 0.417 e. The first kappa shape index (κ1) is 26.9. The number of alkyl halides is 5. The fourth-order valence-electron chi connectivity index (χ4n) is 2.96. The van der Waals surface area contributed by atoms with Crippen molar-refractivity contribution in [2.75, 3.05) is 11.1 Å². The maximum absolute atomic E-state index is 12.4. The predicted octanol–water partition coefficient (Wildman–Crippen LogP) is 3.81. The van der Waals surface area contributed by atoms with E-state index in [1.807, 2.05) is 0 Å². The fourth-order valence-corrected chi connectivity index (χ4v) is 2.96. The van der Waals surface area contributed by atoms with Crippen molar-refractivity contribution in [3.8, 4) is 0 Å². The molecule has 0 unspecified atom stereocenters. The second-order valence-corrected chi connectivity index (χ2v) is 7.40. The molecule has 2 aromatic heterocycles. The third-order valence-electron chi connectivity index (χ3n) is 4.76. The number of hydrogen-bond donors (Lipinski definition) is 3. The number of anilines is 2. The van der Waals surface area contributed by atoms with Crippen LogP contribution >= 0.6 is 0 Å². The van der Waals surface area contributed by atoms with E-state index in [1.54, 1.807) is 13.0 Å². The number of pyridine rings is 2. The Balaban J connectivity index is 0.000000379. The topological polar surface area (TPSA) is 119 Å². The molecule has 1 aliphatic rings. The maximum atomic E-state index is 12.4. The van der Waals surface area contributed by atoms with E-state index in [0.29, 0.717) is 23.3 Å². The van der Waals surface area contributed by atoms with E-state index in [0.717, 1.165) is 37.8 Å². The van der Waals surface area contributed by atoms with Crippen LogP contribution in [0.2, 0.25) is 0 Å². The number of hydrogen-bond acceptors (Lipinski definition) is 6. The molecule has 2 aromatic rings. The van der Waals surface area contributed by atoms with Gasteiger partial charge in [-0.15, -0.1) is 0 Å². The van der Waals surface area contributed by atoms with E-state index in [9.17, 15) is 31.5 Å². The number of carbonyl (C=O) groups is 2. The third kappa shape index (κ3) is 8.89. The number of rotatable bonds is 5. The molecule has 1 fully saturated rings.